The van der Waals surface area contributed by atoms with Crippen molar-refractivity contribution in [2.24, 2.45) is 0 Å². The molecular weight excluding hydrogens is 272 g/mol. The highest BCUT2D eigenvalue weighted by Crippen LogP contribution is 2.14. The van der Waals surface area contributed by atoms with Crippen LogP contribution in [0.3, 0.4) is 0 Å². The molecule has 0 saturated heterocycles. The van der Waals surface area contributed by atoms with Crippen molar-refractivity contribution in [2.45, 2.75) is 38.8 Å². The SMILES string of the molecule is C=CC[C@@H](OCc1ccccc1)[C@@H](C)OCc1ccccc1. The molecule has 0 amide bonds. The molecule has 0 aliphatic heterocycles. The molecule has 0 N–H and O–H groups in total. The van der Waals surface area contributed by atoms with Gasteiger partial charge in [-0.3, -0.25) is 0 Å². The van der Waals surface area contributed by atoms with Gasteiger partial charge in [0.05, 0.1) is 25.4 Å². The van der Waals surface area contributed by atoms with Gasteiger partial charge in [0, 0.05) is 0 Å². The maximum absolute atomic E-state index is 6.02. The van der Waals surface area contributed by atoms with Crippen molar-refractivity contribution in [2.75, 3.05) is 0 Å². The van der Waals surface area contributed by atoms with E-state index in [4.69, 9.17) is 9.47 Å². The van der Waals surface area contributed by atoms with E-state index in [-0.39, 0.29) is 12.2 Å². The van der Waals surface area contributed by atoms with Gasteiger partial charge in [0.1, 0.15) is 0 Å². The summed E-state index contributed by atoms with van der Waals surface area (Å²) in [4.78, 5) is 0. The lowest BCUT2D eigenvalue weighted by Gasteiger charge is -2.24. The molecule has 0 aliphatic rings. The second kappa shape index (κ2) is 9.19. The molecule has 0 radical (unpaired) electrons. The minimum absolute atomic E-state index is 0.0152. The molecule has 0 unspecified atom stereocenters. The monoisotopic (exact) mass is 296 g/mol. The average molecular weight is 296 g/mol. The number of rotatable bonds is 9. The van der Waals surface area contributed by atoms with Crippen LogP contribution in [0, 0.1) is 0 Å². The summed E-state index contributed by atoms with van der Waals surface area (Å²) in [7, 11) is 0. The minimum atomic E-state index is 0.0152. The summed E-state index contributed by atoms with van der Waals surface area (Å²) < 4.78 is 12.0. The van der Waals surface area contributed by atoms with Crippen molar-refractivity contribution in [3.05, 3.63) is 84.4 Å². The highest BCUT2D eigenvalue weighted by molar-refractivity contribution is 5.14. The standard InChI is InChI=1S/C20H24O2/c1-3-10-20(22-16-19-13-8-5-9-14-19)17(2)21-15-18-11-6-4-7-12-18/h3-9,11-14,17,20H,1,10,15-16H2,2H3/t17-,20-/m1/s1. The first-order chi connectivity index (χ1) is 10.8. The van der Waals surface area contributed by atoms with Gasteiger partial charge in [0.15, 0.2) is 0 Å². The molecule has 0 saturated carbocycles. The molecule has 0 bridgehead atoms. The van der Waals surface area contributed by atoms with Gasteiger partial charge in [-0.05, 0) is 24.5 Å². The number of hydrogen-bond acceptors (Lipinski definition) is 2. The molecule has 2 aromatic carbocycles. The van der Waals surface area contributed by atoms with Crippen LogP contribution in [-0.2, 0) is 22.7 Å². The maximum atomic E-state index is 6.02. The second-order valence-corrected chi connectivity index (χ2v) is 5.36. The maximum Gasteiger partial charge on any atom is 0.0872 e. The lowest BCUT2D eigenvalue weighted by atomic mass is 10.1. The molecule has 2 nitrogen and oxygen atoms in total. The van der Waals surface area contributed by atoms with Crippen molar-refractivity contribution >= 4 is 0 Å². The fourth-order valence-corrected chi connectivity index (χ4v) is 2.25. The van der Waals surface area contributed by atoms with Crippen LogP contribution in [0.4, 0.5) is 0 Å². The molecule has 2 aromatic rings. The Morgan fingerprint density at radius 1 is 0.864 bits per heavy atom. The first kappa shape index (κ1) is 16.5. The highest BCUT2D eigenvalue weighted by atomic mass is 16.5. The lowest BCUT2D eigenvalue weighted by molar-refractivity contribution is -0.0756. The van der Waals surface area contributed by atoms with Gasteiger partial charge in [0.25, 0.3) is 0 Å². The van der Waals surface area contributed by atoms with Crippen molar-refractivity contribution < 1.29 is 9.47 Å². The molecule has 2 rings (SSSR count). The van der Waals surface area contributed by atoms with Crippen LogP contribution in [0.2, 0.25) is 0 Å². The van der Waals surface area contributed by atoms with Crippen molar-refractivity contribution in [1.29, 1.82) is 0 Å². The zero-order valence-electron chi connectivity index (χ0n) is 13.2. The van der Waals surface area contributed by atoms with Crippen molar-refractivity contribution in [1.82, 2.24) is 0 Å². The zero-order chi connectivity index (χ0) is 15.6. The normalized spacial score (nSPS) is 13.5. The molecule has 116 valence electrons. The number of hydrogen-bond donors (Lipinski definition) is 0. The van der Waals surface area contributed by atoms with E-state index in [9.17, 15) is 0 Å². The predicted octanol–water partition coefficient (Wildman–Crippen LogP) is 4.75. The summed E-state index contributed by atoms with van der Waals surface area (Å²) >= 11 is 0. The van der Waals surface area contributed by atoms with Crippen LogP contribution in [0.15, 0.2) is 73.3 Å². The van der Waals surface area contributed by atoms with E-state index in [0.717, 1.165) is 6.42 Å². The van der Waals surface area contributed by atoms with Gasteiger partial charge in [-0.25, -0.2) is 0 Å². The third-order valence-corrected chi connectivity index (χ3v) is 3.59. The van der Waals surface area contributed by atoms with Crippen molar-refractivity contribution in [3.63, 3.8) is 0 Å². The molecule has 0 aromatic heterocycles. The molecule has 2 heteroatoms. The Bertz CT molecular complexity index is 536. The summed E-state index contributed by atoms with van der Waals surface area (Å²) in [6.45, 7) is 7.08. The van der Waals surface area contributed by atoms with Crippen molar-refractivity contribution in [3.8, 4) is 0 Å². The van der Waals surface area contributed by atoms with Crippen LogP contribution in [-0.4, -0.2) is 12.2 Å². The van der Waals surface area contributed by atoms with Gasteiger partial charge in [-0.15, -0.1) is 6.58 Å². The summed E-state index contributed by atoms with van der Waals surface area (Å²) in [6, 6.07) is 20.4. The third-order valence-electron chi connectivity index (χ3n) is 3.59. The van der Waals surface area contributed by atoms with E-state index in [1.807, 2.05) is 42.5 Å². The largest absolute Gasteiger partial charge is 0.371 e. The molecule has 0 fully saturated rings. The van der Waals surface area contributed by atoms with Gasteiger partial charge in [0.2, 0.25) is 0 Å². The van der Waals surface area contributed by atoms with E-state index in [1.165, 1.54) is 11.1 Å². The Labute approximate surface area is 133 Å². The molecule has 0 heterocycles. The Morgan fingerprint density at radius 2 is 1.36 bits per heavy atom. The van der Waals surface area contributed by atoms with Crippen LogP contribution in [0.1, 0.15) is 24.5 Å². The van der Waals surface area contributed by atoms with Crippen LogP contribution < -0.4 is 0 Å². The summed E-state index contributed by atoms with van der Waals surface area (Å²) in [5.41, 5.74) is 2.35. The van der Waals surface area contributed by atoms with E-state index in [0.29, 0.717) is 13.2 Å². The molecule has 22 heavy (non-hydrogen) atoms. The summed E-state index contributed by atoms with van der Waals surface area (Å²) in [5.74, 6) is 0. The quantitative estimate of drug-likeness (QED) is 0.621. The van der Waals surface area contributed by atoms with Gasteiger partial charge < -0.3 is 9.47 Å². The zero-order valence-corrected chi connectivity index (χ0v) is 13.2. The fraction of sp³-hybridized carbons (Fsp3) is 0.300. The summed E-state index contributed by atoms with van der Waals surface area (Å²) in [5, 5.41) is 0. The van der Waals surface area contributed by atoms with E-state index in [1.54, 1.807) is 0 Å². The Kier molecular flexibility index (Phi) is 6.88. The second-order valence-electron chi connectivity index (χ2n) is 5.36. The molecule has 2 atom stereocenters. The van der Waals surface area contributed by atoms with E-state index in [2.05, 4.69) is 37.8 Å². The van der Waals surface area contributed by atoms with E-state index >= 15 is 0 Å². The minimum Gasteiger partial charge on any atom is -0.371 e. The third kappa shape index (κ3) is 5.47. The highest BCUT2D eigenvalue weighted by Gasteiger charge is 2.17. The van der Waals surface area contributed by atoms with Crippen LogP contribution in [0.25, 0.3) is 0 Å². The van der Waals surface area contributed by atoms with E-state index < -0.39 is 0 Å². The Balaban J connectivity index is 1.85. The fourth-order valence-electron chi connectivity index (χ4n) is 2.25. The number of benzene rings is 2. The lowest BCUT2D eigenvalue weighted by Crippen LogP contribution is -2.28. The van der Waals surface area contributed by atoms with Gasteiger partial charge in [-0.2, -0.15) is 0 Å². The molecule has 0 spiro atoms. The van der Waals surface area contributed by atoms with Gasteiger partial charge >= 0.3 is 0 Å². The average Bonchev–Trinajstić information content (AvgIpc) is 2.58. The first-order valence-corrected chi connectivity index (χ1v) is 7.71. The Morgan fingerprint density at radius 3 is 1.86 bits per heavy atom. The Hall–Kier alpha value is -1.90. The summed E-state index contributed by atoms with van der Waals surface area (Å²) in [6.07, 6.45) is 2.70. The topological polar surface area (TPSA) is 18.5 Å². The smallest absolute Gasteiger partial charge is 0.0872 e. The van der Waals surface area contributed by atoms with Gasteiger partial charge in [-0.1, -0.05) is 66.7 Å². The molecular formula is C20H24O2. The first-order valence-electron chi connectivity index (χ1n) is 7.71. The predicted molar refractivity (Wildman–Crippen MR) is 90.5 cm³/mol. The van der Waals surface area contributed by atoms with Crippen LogP contribution in [0.5, 0.6) is 0 Å². The molecule has 0 aliphatic carbocycles. The number of ether oxygens (including phenoxy) is 2. The van der Waals surface area contributed by atoms with Crippen LogP contribution >= 0.6 is 0 Å².